The fourth-order valence-electron chi connectivity index (χ4n) is 4.48. The van der Waals surface area contributed by atoms with Gasteiger partial charge in [-0.25, -0.2) is 4.98 Å². The number of anilines is 1. The zero-order valence-corrected chi connectivity index (χ0v) is 19.9. The summed E-state index contributed by atoms with van der Waals surface area (Å²) in [5.41, 5.74) is 1.38. The monoisotopic (exact) mass is 486 g/mol. The summed E-state index contributed by atoms with van der Waals surface area (Å²) >= 11 is 3.45. The van der Waals surface area contributed by atoms with Crippen LogP contribution in [0.1, 0.15) is 31.2 Å². The predicted octanol–water partition coefficient (Wildman–Crippen LogP) is 3.77. The summed E-state index contributed by atoms with van der Waals surface area (Å²) in [6, 6.07) is 12.6. The van der Waals surface area contributed by atoms with Crippen LogP contribution in [0.5, 0.6) is 5.75 Å². The smallest absolute Gasteiger partial charge is 0.239 e. The molecule has 0 spiro atoms. The topological polar surface area (TPSA) is 48.9 Å². The van der Waals surface area contributed by atoms with Crippen molar-refractivity contribution in [3.63, 3.8) is 0 Å². The third-order valence-corrected chi connectivity index (χ3v) is 7.00. The maximum Gasteiger partial charge on any atom is 0.239 e. The van der Waals surface area contributed by atoms with Gasteiger partial charge in [-0.3, -0.25) is 9.69 Å². The van der Waals surface area contributed by atoms with Crippen molar-refractivity contribution in [3.05, 3.63) is 52.6 Å². The van der Waals surface area contributed by atoms with E-state index in [9.17, 15) is 4.79 Å². The highest BCUT2D eigenvalue weighted by molar-refractivity contribution is 9.10. The number of carbonyl (C=O) groups excluding carboxylic acids is 1. The Morgan fingerprint density at radius 3 is 2.48 bits per heavy atom. The maximum absolute atomic E-state index is 12.1. The number of piperazine rings is 1. The molecule has 3 heterocycles. The van der Waals surface area contributed by atoms with Crippen molar-refractivity contribution in [1.29, 1.82) is 0 Å². The molecule has 2 aliphatic rings. The van der Waals surface area contributed by atoms with Crippen LogP contribution in [0.15, 0.2) is 47.1 Å². The first-order valence-corrected chi connectivity index (χ1v) is 11.9. The molecule has 0 N–H and O–H groups in total. The Morgan fingerprint density at radius 2 is 1.81 bits per heavy atom. The lowest BCUT2D eigenvalue weighted by molar-refractivity contribution is -0.139. The fraction of sp³-hybridized carbons (Fsp3) is 0.500. The fourth-order valence-corrected chi connectivity index (χ4v) is 4.71. The van der Waals surface area contributed by atoms with Crippen molar-refractivity contribution in [1.82, 2.24) is 14.8 Å². The minimum Gasteiger partial charge on any atom is -0.492 e. The van der Waals surface area contributed by atoms with Crippen LogP contribution in [0.2, 0.25) is 0 Å². The molecule has 4 rings (SSSR count). The molecule has 6 nitrogen and oxygen atoms in total. The van der Waals surface area contributed by atoms with E-state index in [1.807, 2.05) is 20.2 Å². The first-order valence-electron chi connectivity index (χ1n) is 11.1. The van der Waals surface area contributed by atoms with Gasteiger partial charge in [0.2, 0.25) is 5.91 Å². The van der Waals surface area contributed by atoms with Crippen LogP contribution in [0, 0.1) is 0 Å². The molecule has 166 valence electrons. The highest BCUT2D eigenvalue weighted by Crippen LogP contribution is 2.31. The lowest BCUT2D eigenvalue weighted by Gasteiger charge is -2.37. The van der Waals surface area contributed by atoms with Crippen LogP contribution >= 0.6 is 15.9 Å². The molecule has 1 aromatic heterocycles. The van der Waals surface area contributed by atoms with E-state index in [4.69, 9.17) is 4.74 Å². The van der Waals surface area contributed by atoms with Crippen LogP contribution in [0.4, 0.5) is 5.82 Å². The van der Waals surface area contributed by atoms with Crippen LogP contribution in [0.3, 0.4) is 0 Å². The molecule has 0 radical (unpaired) electrons. The van der Waals surface area contributed by atoms with Gasteiger partial charge in [0.25, 0.3) is 0 Å². The normalized spacial score (nSPS) is 20.9. The summed E-state index contributed by atoms with van der Waals surface area (Å²) in [5, 5.41) is 0. The Bertz CT molecular complexity index is 866. The van der Waals surface area contributed by atoms with Gasteiger partial charge in [0.05, 0.1) is 6.04 Å². The van der Waals surface area contributed by atoms with E-state index < -0.39 is 0 Å². The molecule has 2 fully saturated rings. The van der Waals surface area contributed by atoms with E-state index in [1.54, 1.807) is 4.90 Å². The van der Waals surface area contributed by atoms with Crippen LogP contribution in [-0.2, 0) is 4.79 Å². The van der Waals surface area contributed by atoms with Gasteiger partial charge in [0.15, 0.2) is 0 Å². The summed E-state index contributed by atoms with van der Waals surface area (Å²) in [6.07, 6.45) is 4.13. The highest BCUT2D eigenvalue weighted by atomic mass is 79.9. The van der Waals surface area contributed by atoms with Gasteiger partial charge in [-0.05, 0) is 71.4 Å². The SMILES string of the molecule is CC1C(=O)N(C)CCN1CCOc1ccc(C2CCN(c3ccc(Br)cn3)CC2)cc1. The molecule has 2 saturated heterocycles. The molecule has 1 unspecified atom stereocenters. The van der Waals surface area contributed by atoms with Gasteiger partial charge >= 0.3 is 0 Å². The van der Waals surface area contributed by atoms with Gasteiger partial charge in [-0.1, -0.05) is 12.1 Å². The lowest BCUT2D eigenvalue weighted by Crippen LogP contribution is -2.55. The summed E-state index contributed by atoms with van der Waals surface area (Å²) < 4.78 is 6.97. The molecular formula is C24H31BrN4O2. The second-order valence-electron chi connectivity index (χ2n) is 8.49. The Labute approximate surface area is 193 Å². The molecule has 1 atom stereocenters. The zero-order valence-electron chi connectivity index (χ0n) is 18.3. The van der Waals surface area contributed by atoms with Gasteiger partial charge in [-0.15, -0.1) is 0 Å². The second-order valence-corrected chi connectivity index (χ2v) is 9.40. The predicted molar refractivity (Wildman–Crippen MR) is 127 cm³/mol. The van der Waals surface area contributed by atoms with E-state index in [2.05, 4.69) is 67.1 Å². The summed E-state index contributed by atoms with van der Waals surface area (Å²) in [4.78, 5) is 23.0. The third-order valence-electron chi connectivity index (χ3n) is 6.53. The molecular weight excluding hydrogens is 456 g/mol. The van der Waals surface area contributed by atoms with E-state index in [1.165, 1.54) is 5.56 Å². The average molecular weight is 487 g/mol. The van der Waals surface area contributed by atoms with Crippen LogP contribution < -0.4 is 9.64 Å². The van der Waals surface area contributed by atoms with E-state index >= 15 is 0 Å². The van der Waals surface area contributed by atoms with Crippen molar-refractivity contribution < 1.29 is 9.53 Å². The second kappa shape index (κ2) is 10.0. The van der Waals surface area contributed by atoms with Gasteiger partial charge in [-0.2, -0.15) is 0 Å². The number of pyridine rings is 1. The number of aromatic nitrogens is 1. The molecule has 7 heteroatoms. The van der Waals surface area contributed by atoms with E-state index in [-0.39, 0.29) is 11.9 Å². The number of amides is 1. The minimum atomic E-state index is -0.0665. The first kappa shape index (κ1) is 22.1. The highest BCUT2D eigenvalue weighted by Gasteiger charge is 2.28. The number of benzene rings is 1. The number of halogens is 1. The zero-order chi connectivity index (χ0) is 21.8. The Hall–Kier alpha value is -2.12. The molecule has 31 heavy (non-hydrogen) atoms. The molecule has 0 bridgehead atoms. The van der Waals surface area contributed by atoms with Crippen molar-refractivity contribution in [2.75, 3.05) is 51.3 Å². The van der Waals surface area contributed by atoms with Crippen LogP contribution in [-0.4, -0.2) is 73.1 Å². The lowest BCUT2D eigenvalue weighted by atomic mass is 9.89. The van der Waals surface area contributed by atoms with Crippen molar-refractivity contribution in [3.8, 4) is 5.75 Å². The summed E-state index contributed by atoms with van der Waals surface area (Å²) in [7, 11) is 1.87. The summed E-state index contributed by atoms with van der Waals surface area (Å²) in [5.74, 6) is 2.73. The maximum atomic E-state index is 12.1. The van der Waals surface area contributed by atoms with Gasteiger partial charge in [0, 0.05) is 50.4 Å². The van der Waals surface area contributed by atoms with Crippen molar-refractivity contribution in [2.45, 2.75) is 31.7 Å². The molecule has 2 aromatic rings. The quantitative estimate of drug-likeness (QED) is 0.621. The molecule has 0 saturated carbocycles. The van der Waals surface area contributed by atoms with E-state index in [0.717, 1.165) is 61.6 Å². The van der Waals surface area contributed by atoms with Crippen molar-refractivity contribution in [2.24, 2.45) is 0 Å². The molecule has 1 aromatic carbocycles. The summed E-state index contributed by atoms with van der Waals surface area (Å²) in [6.45, 7) is 7.09. The van der Waals surface area contributed by atoms with Gasteiger partial charge < -0.3 is 14.5 Å². The first-order chi connectivity index (χ1) is 15.0. The Kier molecular flexibility index (Phi) is 7.13. The number of carbonyl (C=O) groups is 1. The number of piperidine rings is 1. The average Bonchev–Trinajstić information content (AvgIpc) is 2.80. The Balaban J connectivity index is 1.23. The number of likely N-dealkylation sites (N-methyl/N-ethyl adjacent to an activating group) is 1. The number of ether oxygens (including phenoxy) is 1. The standard InChI is InChI=1S/C24H31BrN4O2/c1-18-24(30)27(2)13-14-28(18)15-16-31-22-6-3-19(4-7-22)20-9-11-29(12-10-20)23-8-5-21(25)17-26-23/h3-8,17-18,20H,9-16H2,1-2H3. The van der Waals surface area contributed by atoms with Gasteiger partial charge in [0.1, 0.15) is 18.2 Å². The molecule has 1 amide bonds. The van der Waals surface area contributed by atoms with E-state index in [0.29, 0.717) is 12.5 Å². The number of hydrogen-bond acceptors (Lipinski definition) is 5. The molecule has 0 aliphatic carbocycles. The van der Waals surface area contributed by atoms with Crippen molar-refractivity contribution >= 4 is 27.7 Å². The van der Waals surface area contributed by atoms with Crippen LogP contribution in [0.25, 0.3) is 0 Å². The number of nitrogens with zero attached hydrogens (tertiary/aromatic N) is 4. The Morgan fingerprint density at radius 1 is 1.06 bits per heavy atom. The molecule has 2 aliphatic heterocycles. The number of rotatable bonds is 6. The minimum absolute atomic E-state index is 0.0665. The number of hydrogen-bond donors (Lipinski definition) is 0. The largest absolute Gasteiger partial charge is 0.492 e. The third kappa shape index (κ3) is 5.39.